The summed E-state index contributed by atoms with van der Waals surface area (Å²) >= 11 is 0. The van der Waals surface area contributed by atoms with E-state index in [0.717, 1.165) is 11.8 Å². The van der Waals surface area contributed by atoms with Crippen molar-refractivity contribution < 1.29 is 0 Å². The lowest BCUT2D eigenvalue weighted by Crippen LogP contribution is -1.96. The minimum Gasteiger partial charge on any atom is -0.364 e. The fourth-order valence-electron chi connectivity index (χ4n) is 2.44. The fourth-order valence-corrected chi connectivity index (χ4v) is 2.44. The molecule has 0 bridgehead atoms. The highest BCUT2D eigenvalue weighted by molar-refractivity contribution is 5.63. The van der Waals surface area contributed by atoms with Crippen LogP contribution in [0.1, 0.15) is 36.9 Å². The van der Waals surface area contributed by atoms with Crippen LogP contribution in [0, 0.1) is 5.92 Å². The summed E-state index contributed by atoms with van der Waals surface area (Å²) in [5.41, 5.74) is 4.58. The molecule has 0 saturated heterocycles. The zero-order chi connectivity index (χ0) is 8.13. The molecule has 1 fully saturated rings. The number of allylic oxidation sites excluding steroid dienone is 1. The van der Waals surface area contributed by atoms with Gasteiger partial charge in [0.05, 0.1) is 0 Å². The molecule has 0 radical (unpaired) electrons. The summed E-state index contributed by atoms with van der Waals surface area (Å²) < 4.78 is 0. The zero-order valence-corrected chi connectivity index (χ0v) is 7.30. The maximum absolute atomic E-state index is 3.35. The average Bonchev–Trinajstić information content (AvgIpc) is 2.76. The molecule has 1 N–H and O–H groups in total. The predicted molar refractivity (Wildman–Crippen MR) is 49.9 cm³/mol. The van der Waals surface area contributed by atoms with Gasteiger partial charge >= 0.3 is 0 Å². The largest absolute Gasteiger partial charge is 0.364 e. The third-order valence-corrected chi connectivity index (χ3v) is 3.20. The van der Waals surface area contributed by atoms with Crippen LogP contribution in [0.4, 0.5) is 0 Å². The highest BCUT2D eigenvalue weighted by atomic mass is 14.7. The van der Waals surface area contributed by atoms with Gasteiger partial charge in [-0.2, -0.15) is 0 Å². The highest BCUT2D eigenvalue weighted by Crippen LogP contribution is 2.56. The molecular weight excluding hydrogens is 146 g/mol. The Hall–Kier alpha value is -0.980. The van der Waals surface area contributed by atoms with Crippen molar-refractivity contribution in [2.45, 2.75) is 25.7 Å². The Kier molecular flexibility index (Phi) is 1.11. The Balaban J connectivity index is 2.14. The molecule has 12 heavy (non-hydrogen) atoms. The van der Waals surface area contributed by atoms with Crippen LogP contribution in [-0.2, 0) is 0 Å². The van der Waals surface area contributed by atoms with Gasteiger partial charge < -0.3 is 4.98 Å². The second-order valence-electron chi connectivity index (χ2n) is 3.87. The summed E-state index contributed by atoms with van der Waals surface area (Å²) in [6, 6.07) is 2.19. The van der Waals surface area contributed by atoms with Gasteiger partial charge in [-0.3, -0.25) is 0 Å². The van der Waals surface area contributed by atoms with E-state index in [1.165, 1.54) is 24.1 Å². The number of rotatable bonds is 1. The van der Waals surface area contributed by atoms with Crippen molar-refractivity contribution in [2.75, 3.05) is 0 Å². The first kappa shape index (κ1) is 6.53. The lowest BCUT2D eigenvalue weighted by Gasteiger charge is -2.10. The molecule has 2 atom stereocenters. The van der Waals surface area contributed by atoms with Crippen LogP contribution >= 0.6 is 0 Å². The summed E-state index contributed by atoms with van der Waals surface area (Å²) in [6.45, 7) is 2.26. The van der Waals surface area contributed by atoms with E-state index in [0.29, 0.717) is 0 Å². The van der Waals surface area contributed by atoms with Crippen molar-refractivity contribution in [3.05, 3.63) is 29.1 Å². The first-order valence-electron chi connectivity index (χ1n) is 4.78. The van der Waals surface area contributed by atoms with E-state index in [9.17, 15) is 0 Å². The van der Waals surface area contributed by atoms with E-state index in [1.807, 2.05) is 0 Å². The van der Waals surface area contributed by atoms with Crippen LogP contribution in [0.3, 0.4) is 0 Å². The van der Waals surface area contributed by atoms with E-state index < -0.39 is 0 Å². The van der Waals surface area contributed by atoms with Crippen LogP contribution in [-0.4, -0.2) is 4.98 Å². The minimum absolute atomic E-state index is 0.843. The summed E-state index contributed by atoms with van der Waals surface area (Å²) in [5.74, 6) is 1.73. The molecule has 2 unspecified atom stereocenters. The van der Waals surface area contributed by atoms with E-state index in [-0.39, 0.29) is 0 Å². The average molecular weight is 159 g/mol. The first-order chi connectivity index (χ1) is 5.90. The lowest BCUT2D eigenvalue weighted by atomic mass is 9.96. The Morgan fingerprint density at radius 1 is 1.50 bits per heavy atom. The molecular formula is C11H13N. The zero-order valence-electron chi connectivity index (χ0n) is 7.30. The van der Waals surface area contributed by atoms with E-state index in [2.05, 4.69) is 30.2 Å². The van der Waals surface area contributed by atoms with E-state index >= 15 is 0 Å². The lowest BCUT2D eigenvalue weighted by molar-refractivity contribution is 0.854. The summed E-state index contributed by atoms with van der Waals surface area (Å²) in [7, 11) is 0. The van der Waals surface area contributed by atoms with E-state index in [1.54, 1.807) is 5.57 Å². The van der Waals surface area contributed by atoms with Crippen LogP contribution in [0.15, 0.2) is 17.8 Å². The molecule has 1 heterocycles. The molecule has 0 amide bonds. The standard InChI is InChI=1S/C11H13N/c1-2-7-5-8-3-4-12-11(8)10-6-9(7)10/h3-5,9-10,12H,2,6H2,1H3. The van der Waals surface area contributed by atoms with E-state index in [4.69, 9.17) is 0 Å². The third kappa shape index (κ3) is 0.689. The molecule has 1 aromatic rings. The Morgan fingerprint density at radius 3 is 3.25 bits per heavy atom. The minimum atomic E-state index is 0.843. The first-order valence-corrected chi connectivity index (χ1v) is 4.78. The normalized spacial score (nSPS) is 30.6. The quantitative estimate of drug-likeness (QED) is 0.648. The van der Waals surface area contributed by atoms with Gasteiger partial charge in [0.2, 0.25) is 0 Å². The van der Waals surface area contributed by atoms with Crippen molar-refractivity contribution in [2.24, 2.45) is 5.92 Å². The number of H-pyrrole nitrogens is 1. The molecule has 3 rings (SSSR count). The second kappa shape index (κ2) is 2.03. The van der Waals surface area contributed by atoms with Crippen molar-refractivity contribution in [1.29, 1.82) is 0 Å². The van der Waals surface area contributed by atoms with Crippen molar-refractivity contribution in [1.82, 2.24) is 4.98 Å². The molecule has 1 aromatic heterocycles. The number of hydrogen-bond donors (Lipinski definition) is 1. The van der Waals surface area contributed by atoms with Gasteiger partial charge in [0.1, 0.15) is 0 Å². The number of aromatic nitrogens is 1. The second-order valence-corrected chi connectivity index (χ2v) is 3.87. The summed E-state index contributed by atoms with van der Waals surface area (Å²) in [5, 5.41) is 0. The molecule has 1 nitrogen and oxygen atoms in total. The van der Waals surface area contributed by atoms with Gasteiger partial charge in [-0.05, 0) is 30.4 Å². The summed E-state index contributed by atoms with van der Waals surface area (Å²) in [6.07, 6.45) is 7.05. The van der Waals surface area contributed by atoms with Gasteiger partial charge in [-0.25, -0.2) is 0 Å². The van der Waals surface area contributed by atoms with Gasteiger partial charge in [0, 0.05) is 17.8 Å². The van der Waals surface area contributed by atoms with Gasteiger partial charge in [-0.1, -0.05) is 18.6 Å². The SMILES string of the molecule is CCC1=Cc2cc[nH]c2C2CC12. The van der Waals surface area contributed by atoms with Crippen molar-refractivity contribution in [3.8, 4) is 0 Å². The number of aromatic amines is 1. The Morgan fingerprint density at radius 2 is 2.42 bits per heavy atom. The van der Waals surface area contributed by atoms with Gasteiger partial charge in [0.15, 0.2) is 0 Å². The molecule has 0 aliphatic heterocycles. The monoisotopic (exact) mass is 159 g/mol. The van der Waals surface area contributed by atoms with Gasteiger partial charge in [0.25, 0.3) is 0 Å². The molecule has 0 aromatic carbocycles. The van der Waals surface area contributed by atoms with Crippen LogP contribution in [0.2, 0.25) is 0 Å². The fraction of sp³-hybridized carbons (Fsp3) is 0.455. The molecule has 62 valence electrons. The van der Waals surface area contributed by atoms with Gasteiger partial charge in [-0.15, -0.1) is 0 Å². The molecule has 2 aliphatic carbocycles. The maximum Gasteiger partial charge on any atom is 0.0258 e. The number of hydrogen-bond acceptors (Lipinski definition) is 0. The Bertz CT molecular complexity index is 346. The smallest absolute Gasteiger partial charge is 0.0258 e. The van der Waals surface area contributed by atoms with Crippen LogP contribution in [0.5, 0.6) is 0 Å². The summed E-state index contributed by atoms with van der Waals surface area (Å²) in [4.78, 5) is 3.35. The Labute approximate surface area is 72.5 Å². The number of nitrogens with one attached hydrogen (secondary N) is 1. The molecule has 1 saturated carbocycles. The molecule has 0 spiro atoms. The number of fused-ring (bicyclic) bond motifs is 3. The van der Waals surface area contributed by atoms with Crippen molar-refractivity contribution in [3.63, 3.8) is 0 Å². The van der Waals surface area contributed by atoms with Crippen molar-refractivity contribution >= 4 is 6.08 Å². The maximum atomic E-state index is 3.35. The highest BCUT2D eigenvalue weighted by Gasteiger charge is 2.44. The molecule has 1 heteroatoms. The topological polar surface area (TPSA) is 15.8 Å². The van der Waals surface area contributed by atoms with Crippen LogP contribution in [0.25, 0.3) is 6.08 Å². The third-order valence-electron chi connectivity index (χ3n) is 3.20. The molecule has 2 aliphatic rings. The predicted octanol–water partition coefficient (Wildman–Crippen LogP) is 2.93. The van der Waals surface area contributed by atoms with Crippen LogP contribution < -0.4 is 0 Å².